The van der Waals surface area contributed by atoms with Crippen LogP contribution in [-0.4, -0.2) is 25.5 Å². The van der Waals surface area contributed by atoms with Crippen molar-refractivity contribution in [3.63, 3.8) is 0 Å². The van der Waals surface area contributed by atoms with Gasteiger partial charge in [0.1, 0.15) is 0 Å². The van der Waals surface area contributed by atoms with Crippen molar-refractivity contribution in [3.05, 3.63) is 33.2 Å². The van der Waals surface area contributed by atoms with E-state index in [-0.39, 0.29) is 11.5 Å². The molecule has 0 saturated carbocycles. The van der Waals surface area contributed by atoms with E-state index in [1.165, 1.54) is 40.5 Å². The predicted octanol–water partition coefficient (Wildman–Crippen LogP) is 2.95. The number of nitrogens with zero attached hydrogens (tertiary/aromatic N) is 4. The van der Waals surface area contributed by atoms with Crippen LogP contribution in [0.4, 0.5) is 5.13 Å². The molecule has 0 atom stereocenters. The summed E-state index contributed by atoms with van der Waals surface area (Å²) >= 11 is 4.25. The minimum absolute atomic E-state index is 0.0570. The Bertz CT molecular complexity index is 930. The molecule has 1 amide bonds. The Morgan fingerprint density at radius 2 is 2.21 bits per heavy atom. The van der Waals surface area contributed by atoms with Crippen LogP contribution >= 0.6 is 34.4 Å². The SMILES string of the molecule is CCCC(=O)Nc1nnc(SCc2cc(=O)n3cc(C)sc3n2)s1. The van der Waals surface area contributed by atoms with Gasteiger partial charge >= 0.3 is 0 Å². The Balaban J connectivity index is 1.67. The Kier molecular flexibility index (Phi) is 5.27. The molecule has 0 aromatic carbocycles. The molecule has 3 aromatic heterocycles. The number of carbonyl (C=O) groups excluding carboxylic acids is 1. The monoisotopic (exact) mass is 381 g/mol. The van der Waals surface area contributed by atoms with Crippen LogP contribution in [0.2, 0.25) is 0 Å². The molecule has 24 heavy (non-hydrogen) atoms. The Hall–Kier alpha value is -1.78. The number of rotatable bonds is 6. The van der Waals surface area contributed by atoms with Gasteiger partial charge < -0.3 is 5.32 Å². The van der Waals surface area contributed by atoms with E-state index in [0.717, 1.165) is 15.6 Å². The van der Waals surface area contributed by atoms with Gasteiger partial charge in [0.2, 0.25) is 11.0 Å². The maximum absolute atomic E-state index is 12.1. The Labute approximate surface area is 150 Å². The molecule has 0 fully saturated rings. The first kappa shape index (κ1) is 17.1. The van der Waals surface area contributed by atoms with Crippen molar-refractivity contribution in [3.8, 4) is 0 Å². The number of carbonyl (C=O) groups is 1. The van der Waals surface area contributed by atoms with Gasteiger partial charge in [-0.15, -0.1) is 21.5 Å². The zero-order valence-corrected chi connectivity index (χ0v) is 15.6. The van der Waals surface area contributed by atoms with Crippen LogP contribution in [0.5, 0.6) is 0 Å². The third-order valence-corrected chi connectivity index (χ3v) is 5.91. The predicted molar refractivity (Wildman–Crippen MR) is 97.1 cm³/mol. The Morgan fingerprint density at radius 1 is 1.38 bits per heavy atom. The van der Waals surface area contributed by atoms with Crippen molar-refractivity contribution in [1.82, 2.24) is 19.6 Å². The third-order valence-electron chi connectivity index (χ3n) is 3.01. The summed E-state index contributed by atoms with van der Waals surface area (Å²) in [6.45, 7) is 3.89. The number of anilines is 1. The second-order valence-electron chi connectivity index (χ2n) is 5.04. The minimum atomic E-state index is -0.0790. The van der Waals surface area contributed by atoms with Crippen LogP contribution < -0.4 is 10.9 Å². The number of aromatic nitrogens is 4. The lowest BCUT2D eigenvalue weighted by Crippen LogP contribution is -2.12. The van der Waals surface area contributed by atoms with Gasteiger partial charge in [0, 0.05) is 29.3 Å². The fourth-order valence-electron chi connectivity index (χ4n) is 2.00. The normalized spacial score (nSPS) is 11.1. The molecule has 3 aromatic rings. The summed E-state index contributed by atoms with van der Waals surface area (Å²) in [5, 5.41) is 11.2. The van der Waals surface area contributed by atoms with Gasteiger partial charge in [-0.3, -0.25) is 14.0 Å². The molecular weight excluding hydrogens is 366 g/mol. The summed E-state index contributed by atoms with van der Waals surface area (Å²) in [7, 11) is 0. The molecule has 3 rings (SSSR count). The smallest absolute Gasteiger partial charge is 0.258 e. The van der Waals surface area contributed by atoms with E-state index in [9.17, 15) is 9.59 Å². The fraction of sp³-hybridized carbons (Fsp3) is 0.357. The van der Waals surface area contributed by atoms with Gasteiger partial charge in [0.25, 0.3) is 5.56 Å². The van der Waals surface area contributed by atoms with E-state index in [1.807, 2.05) is 13.8 Å². The zero-order valence-electron chi connectivity index (χ0n) is 13.1. The number of hydrogen-bond acceptors (Lipinski definition) is 8. The summed E-state index contributed by atoms with van der Waals surface area (Å²) in [6.07, 6.45) is 3.05. The number of amides is 1. The maximum atomic E-state index is 12.1. The molecule has 0 unspecified atom stereocenters. The molecule has 0 aliphatic heterocycles. The zero-order chi connectivity index (χ0) is 17.1. The number of hydrogen-bond donors (Lipinski definition) is 1. The molecule has 126 valence electrons. The molecule has 0 bridgehead atoms. The van der Waals surface area contributed by atoms with Gasteiger partial charge in [-0.1, -0.05) is 30.0 Å². The van der Waals surface area contributed by atoms with Crippen molar-refractivity contribution in [2.75, 3.05) is 5.32 Å². The molecule has 0 radical (unpaired) electrons. The van der Waals surface area contributed by atoms with Gasteiger partial charge in [0.15, 0.2) is 9.30 Å². The average molecular weight is 382 g/mol. The number of fused-ring (bicyclic) bond motifs is 1. The first-order valence-electron chi connectivity index (χ1n) is 7.30. The quantitative estimate of drug-likeness (QED) is 0.522. The number of thioether (sulfide) groups is 1. The highest BCUT2D eigenvalue weighted by Crippen LogP contribution is 2.28. The van der Waals surface area contributed by atoms with Crippen LogP contribution in [0.1, 0.15) is 30.3 Å². The molecular formula is C14H15N5O2S3. The summed E-state index contributed by atoms with van der Waals surface area (Å²) in [4.78, 5) is 29.8. The number of nitrogens with one attached hydrogen (secondary N) is 1. The van der Waals surface area contributed by atoms with Crippen LogP contribution in [0.25, 0.3) is 4.96 Å². The molecule has 3 heterocycles. The highest BCUT2D eigenvalue weighted by molar-refractivity contribution is 8.00. The lowest BCUT2D eigenvalue weighted by atomic mass is 10.3. The molecule has 7 nitrogen and oxygen atoms in total. The van der Waals surface area contributed by atoms with E-state index in [0.29, 0.717) is 28.0 Å². The van der Waals surface area contributed by atoms with Gasteiger partial charge in [-0.05, 0) is 13.3 Å². The summed E-state index contributed by atoms with van der Waals surface area (Å²) < 4.78 is 2.28. The van der Waals surface area contributed by atoms with Gasteiger partial charge in [0.05, 0.1) is 5.69 Å². The second kappa shape index (κ2) is 7.41. The van der Waals surface area contributed by atoms with Crippen molar-refractivity contribution < 1.29 is 4.79 Å². The lowest BCUT2D eigenvalue weighted by molar-refractivity contribution is -0.116. The first-order chi connectivity index (χ1) is 11.5. The first-order valence-corrected chi connectivity index (χ1v) is 9.92. The topological polar surface area (TPSA) is 89.2 Å². The summed E-state index contributed by atoms with van der Waals surface area (Å²) in [6, 6.07) is 1.54. The number of aryl methyl sites for hydroxylation is 1. The largest absolute Gasteiger partial charge is 0.301 e. The molecule has 0 spiro atoms. The highest BCUT2D eigenvalue weighted by atomic mass is 32.2. The van der Waals surface area contributed by atoms with E-state index in [1.54, 1.807) is 10.6 Å². The van der Waals surface area contributed by atoms with E-state index >= 15 is 0 Å². The van der Waals surface area contributed by atoms with Crippen LogP contribution in [0.3, 0.4) is 0 Å². The maximum Gasteiger partial charge on any atom is 0.258 e. The summed E-state index contributed by atoms with van der Waals surface area (Å²) in [5.74, 6) is 0.471. The molecule has 0 aliphatic carbocycles. The third kappa shape index (κ3) is 4.00. The fourth-order valence-corrected chi connectivity index (χ4v) is 4.51. The minimum Gasteiger partial charge on any atom is -0.301 e. The molecule has 0 aliphatic rings. The lowest BCUT2D eigenvalue weighted by Gasteiger charge is -1.98. The number of thiazole rings is 1. The second-order valence-corrected chi connectivity index (χ2v) is 8.45. The average Bonchev–Trinajstić information content (AvgIpc) is 3.11. The highest BCUT2D eigenvalue weighted by Gasteiger charge is 2.10. The van der Waals surface area contributed by atoms with Gasteiger partial charge in [-0.2, -0.15) is 0 Å². The van der Waals surface area contributed by atoms with Crippen LogP contribution in [-0.2, 0) is 10.5 Å². The van der Waals surface area contributed by atoms with Crippen molar-refractivity contribution in [1.29, 1.82) is 0 Å². The van der Waals surface area contributed by atoms with E-state index in [2.05, 4.69) is 20.5 Å². The van der Waals surface area contributed by atoms with Gasteiger partial charge in [-0.25, -0.2) is 4.98 Å². The van der Waals surface area contributed by atoms with Crippen molar-refractivity contribution >= 4 is 50.4 Å². The molecule has 1 N–H and O–H groups in total. The molecule has 0 saturated heterocycles. The van der Waals surface area contributed by atoms with Crippen LogP contribution in [0.15, 0.2) is 21.4 Å². The van der Waals surface area contributed by atoms with Crippen LogP contribution in [0, 0.1) is 6.92 Å². The van der Waals surface area contributed by atoms with E-state index < -0.39 is 0 Å². The Morgan fingerprint density at radius 3 is 3.00 bits per heavy atom. The summed E-state index contributed by atoms with van der Waals surface area (Å²) in [5.41, 5.74) is 0.628. The standard InChI is InChI=1S/C14H15N5O2S3/c1-3-4-10(20)16-12-17-18-14(24-12)22-7-9-5-11(21)19-6-8(2)23-13(19)15-9/h5-6H,3-4,7H2,1-2H3,(H,16,17,20). The van der Waals surface area contributed by atoms with E-state index in [4.69, 9.17) is 0 Å². The van der Waals surface area contributed by atoms with Crippen molar-refractivity contribution in [2.24, 2.45) is 0 Å². The van der Waals surface area contributed by atoms with Crippen molar-refractivity contribution in [2.45, 2.75) is 36.8 Å². The molecule has 10 heteroatoms.